The lowest BCUT2D eigenvalue weighted by Crippen LogP contribution is -2.20. The molecule has 1 heterocycles. The summed E-state index contributed by atoms with van der Waals surface area (Å²) in [5.74, 6) is -0.985. The maximum atomic E-state index is 13.4. The molecule has 1 aromatic carbocycles. The summed E-state index contributed by atoms with van der Waals surface area (Å²) < 4.78 is 49.3. The van der Waals surface area contributed by atoms with E-state index in [1.807, 2.05) is 6.92 Å². The topological polar surface area (TPSA) is 59.1 Å². The van der Waals surface area contributed by atoms with Crippen LogP contribution in [0.2, 0.25) is 0 Å². The Hall–Kier alpha value is -1.86. The number of nitrogens with zero attached hydrogens (tertiary/aromatic N) is 1. The van der Waals surface area contributed by atoms with Crippen molar-refractivity contribution in [3.63, 3.8) is 0 Å². The summed E-state index contributed by atoms with van der Waals surface area (Å²) in [4.78, 5) is 3.98. The van der Waals surface area contributed by atoms with E-state index in [2.05, 4.69) is 10.3 Å². The van der Waals surface area contributed by atoms with Crippen LogP contribution in [-0.4, -0.2) is 19.7 Å². The van der Waals surface area contributed by atoms with Crippen LogP contribution in [-0.2, 0) is 22.1 Å². The van der Waals surface area contributed by atoms with Gasteiger partial charge in [-0.3, -0.25) is 4.98 Å². The molecule has 0 fully saturated rings. The lowest BCUT2D eigenvalue weighted by atomic mass is 10.1. The molecule has 1 aromatic heterocycles. The van der Waals surface area contributed by atoms with Gasteiger partial charge in [-0.15, -0.1) is 0 Å². The molecule has 0 bridgehead atoms. The van der Waals surface area contributed by atoms with Crippen LogP contribution in [0.4, 0.5) is 8.78 Å². The molecule has 2 rings (SSSR count). The smallest absolute Gasteiger partial charge is 0.151 e. The second-order valence-corrected chi connectivity index (χ2v) is 7.63. The van der Waals surface area contributed by atoms with E-state index >= 15 is 0 Å². The molecule has 0 aliphatic heterocycles. The zero-order chi connectivity index (χ0) is 17.0. The Kier molecular flexibility index (Phi) is 5.43. The van der Waals surface area contributed by atoms with Gasteiger partial charge in [0.2, 0.25) is 0 Å². The minimum Gasteiger partial charge on any atom is -0.305 e. The number of nitrogens with one attached hydrogen (secondary N) is 1. The zero-order valence-corrected chi connectivity index (χ0v) is 13.7. The number of benzene rings is 1. The lowest BCUT2D eigenvalue weighted by molar-refractivity contribution is 0.549. The lowest BCUT2D eigenvalue weighted by Gasteiger charge is -2.15. The summed E-state index contributed by atoms with van der Waals surface area (Å²) in [6.07, 6.45) is 2.27. The maximum Gasteiger partial charge on any atom is 0.151 e. The van der Waals surface area contributed by atoms with Crippen molar-refractivity contribution in [1.82, 2.24) is 10.3 Å². The molecule has 0 spiro atoms. The summed E-state index contributed by atoms with van der Waals surface area (Å²) in [5.41, 5.74) is 1.78. The van der Waals surface area contributed by atoms with Gasteiger partial charge in [0, 0.05) is 18.8 Å². The SMILES string of the molecule is C[C@H](NCc1cc(F)ccc1CS(C)(=O)=O)c1ccc(F)cn1. The second kappa shape index (κ2) is 7.14. The minimum atomic E-state index is -3.21. The molecule has 7 heteroatoms. The minimum absolute atomic E-state index is 0.145. The third kappa shape index (κ3) is 5.37. The molecule has 4 nitrogen and oxygen atoms in total. The molecule has 0 unspecified atom stereocenters. The number of aromatic nitrogens is 1. The van der Waals surface area contributed by atoms with E-state index in [4.69, 9.17) is 0 Å². The molecule has 0 aliphatic rings. The highest BCUT2D eigenvalue weighted by molar-refractivity contribution is 7.89. The summed E-state index contributed by atoms with van der Waals surface area (Å²) in [6, 6.07) is 6.74. The average molecular weight is 340 g/mol. The Morgan fingerprint density at radius 1 is 1.13 bits per heavy atom. The molecule has 0 radical (unpaired) electrons. The first-order valence-electron chi connectivity index (χ1n) is 7.04. The number of sulfone groups is 1. The van der Waals surface area contributed by atoms with Crippen LogP contribution in [0.1, 0.15) is 29.8 Å². The first-order valence-corrected chi connectivity index (χ1v) is 9.10. The third-order valence-electron chi connectivity index (χ3n) is 3.38. The molecule has 1 N–H and O–H groups in total. The Balaban J connectivity index is 2.13. The first-order chi connectivity index (χ1) is 10.7. The molecule has 0 saturated carbocycles. The van der Waals surface area contributed by atoms with E-state index < -0.39 is 21.5 Å². The molecule has 0 amide bonds. The van der Waals surface area contributed by atoms with Crippen LogP contribution in [0.5, 0.6) is 0 Å². The Morgan fingerprint density at radius 3 is 2.43 bits per heavy atom. The molecule has 124 valence electrons. The molecule has 0 saturated heterocycles. The van der Waals surface area contributed by atoms with Crippen molar-refractivity contribution in [3.05, 3.63) is 65.0 Å². The van der Waals surface area contributed by atoms with Gasteiger partial charge in [-0.2, -0.15) is 0 Å². The van der Waals surface area contributed by atoms with Gasteiger partial charge in [-0.25, -0.2) is 17.2 Å². The van der Waals surface area contributed by atoms with Crippen LogP contribution in [0.15, 0.2) is 36.5 Å². The van der Waals surface area contributed by atoms with E-state index in [-0.39, 0.29) is 18.3 Å². The third-order valence-corrected chi connectivity index (χ3v) is 4.21. The van der Waals surface area contributed by atoms with Crippen molar-refractivity contribution in [2.24, 2.45) is 0 Å². The van der Waals surface area contributed by atoms with Crippen molar-refractivity contribution in [1.29, 1.82) is 0 Å². The van der Waals surface area contributed by atoms with Gasteiger partial charge < -0.3 is 5.32 Å². The highest BCUT2D eigenvalue weighted by Gasteiger charge is 2.12. The maximum absolute atomic E-state index is 13.4. The van der Waals surface area contributed by atoms with Crippen molar-refractivity contribution >= 4 is 9.84 Å². The summed E-state index contributed by atoms with van der Waals surface area (Å²) in [7, 11) is -3.21. The second-order valence-electron chi connectivity index (χ2n) is 5.49. The largest absolute Gasteiger partial charge is 0.305 e. The number of hydrogen-bond acceptors (Lipinski definition) is 4. The van der Waals surface area contributed by atoms with E-state index in [0.717, 1.165) is 12.5 Å². The normalized spacial score (nSPS) is 13.0. The van der Waals surface area contributed by atoms with Gasteiger partial charge >= 0.3 is 0 Å². The van der Waals surface area contributed by atoms with Crippen LogP contribution in [0.25, 0.3) is 0 Å². The molecule has 2 aromatic rings. The number of hydrogen-bond donors (Lipinski definition) is 1. The van der Waals surface area contributed by atoms with Gasteiger partial charge in [0.05, 0.1) is 17.6 Å². The predicted octanol–water partition coefficient (Wildman–Crippen LogP) is 2.76. The Labute approximate surface area is 134 Å². The Bertz CT molecular complexity index is 777. The summed E-state index contributed by atoms with van der Waals surface area (Å²) in [6.45, 7) is 2.12. The molecule has 0 aliphatic carbocycles. The van der Waals surface area contributed by atoms with Gasteiger partial charge in [-0.05, 0) is 42.3 Å². The Morgan fingerprint density at radius 2 is 1.83 bits per heavy atom. The fourth-order valence-corrected chi connectivity index (χ4v) is 3.04. The van der Waals surface area contributed by atoms with E-state index in [0.29, 0.717) is 16.8 Å². The van der Waals surface area contributed by atoms with Crippen LogP contribution in [0, 0.1) is 11.6 Å². The van der Waals surface area contributed by atoms with Crippen molar-refractivity contribution < 1.29 is 17.2 Å². The average Bonchev–Trinajstić information content (AvgIpc) is 2.46. The van der Waals surface area contributed by atoms with E-state index in [1.165, 1.54) is 24.3 Å². The summed E-state index contributed by atoms with van der Waals surface area (Å²) >= 11 is 0. The fraction of sp³-hybridized carbons (Fsp3) is 0.312. The highest BCUT2D eigenvalue weighted by Crippen LogP contribution is 2.16. The van der Waals surface area contributed by atoms with Crippen molar-refractivity contribution in [3.8, 4) is 0 Å². The van der Waals surface area contributed by atoms with Crippen LogP contribution in [0.3, 0.4) is 0 Å². The standard InChI is InChI=1S/C16H18F2N2O2S/c1-11(16-6-5-15(18)9-20-16)19-8-13-7-14(17)4-3-12(13)10-23(2,21)22/h3-7,9,11,19H,8,10H2,1-2H3/t11-/m0/s1. The van der Waals surface area contributed by atoms with Crippen molar-refractivity contribution in [2.45, 2.75) is 25.3 Å². The van der Waals surface area contributed by atoms with Gasteiger partial charge in [0.15, 0.2) is 9.84 Å². The first kappa shape index (κ1) is 17.5. The van der Waals surface area contributed by atoms with Crippen molar-refractivity contribution in [2.75, 3.05) is 6.26 Å². The highest BCUT2D eigenvalue weighted by atomic mass is 32.2. The monoisotopic (exact) mass is 340 g/mol. The summed E-state index contributed by atoms with van der Waals surface area (Å²) in [5, 5.41) is 3.14. The fourth-order valence-electron chi connectivity index (χ4n) is 2.19. The van der Waals surface area contributed by atoms with Gasteiger partial charge in [0.25, 0.3) is 0 Å². The molecular weight excluding hydrogens is 322 g/mol. The predicted molar refractivity (Wildman–Crippen MR) is 84.4 cm³/mol. The molecule has 1 atom stereocenters. The van der Waals surface area contributed by atoms with Crippen LogP contribution < -0.4 is 5.32 Å². The van der Waals surface area contributed by atoms with E-state index in [9.17, 15) is 17.2 Å². The van der Waals surface area contributed by atoms with E-state index in [1.54, 1.807) is 6.07 Å². The van der Waals surface area contributed by atoms with Gasteiger partial charge in [-0.1, -0.05) is 6.07 Å². The van der Waals surface area contributed by atoms with Gasteiger partial charge in [0.1, 0.15) is 11.6 Å². The molecule has 23 heavy (non-hydrogen) atoms. The number of pyridine rings is 1. The quantitative estimate of drug-likeness (QED) is 0.878. The number of rotatable bonds is 6. The number of halogens is 2. The zero-order valence-electron chi connectivity index (χ0n) is 12.9. The molecular formula is C16H18F2N2O2S. The van der Waals surface area contributed by atoms with Crippen LogP contribution >= 0.6 is 0 Å².